The molecule has 1 heteroatoms. The zero-order valence-corrected chi connectivity index (χ0v) is 6.89. The quantitative estimate of drug-likeness (QED) is 0.423. The van der Waals surface area contributed by atoms with Crippen LogP contribution in [-0.4, -0.2) is 5.78 Å². The van der Waals surface area contributed by atoms with E-state index in [9.17, 15) is 4.79 Å². The summed E-state index contributed by atoms with van der Waals surface area (Å²) in [5, 5.41) is 0. The number of rotatable bonds is 5. The van der Waals surface area contributed by atoms with Gasteiger partial charge in [-0.2, -0.15) is 0 Å². The molecule has 0 aliphatic rings. The molecule has 0 aromatic carbocycles. The fourth-order valence-electron chi connectivity index (χ4n) is 0.772. The molecule has 0 aromatic heterocycles. The Morgan fingerprint density at radius 2 is 2.30 bits per heavy atom. The first-order valence-electron chi connectivity index (χ1n) is 3.79. The molecule has 0 amide bonds. The monoisotopic (exact) mass is 140 g/mol. The number of Topliss-reactive ketones (excluding diaryl/α,β-unsaturated/α-hetero) is 1. The molecule has 0 rings (SSSR count). The standard InChI is InChI=1S/C9H16O/c1-4-5-6-7-8(2)9(3)10/h4,8H,1,5-7H2,2-3H3/t8-/m0/s1. The van der Waals surface area contributed by atoms with Gasteiger partial charge in [-0.05, 0) is 26.2 Å². The van der Waals surface area contributed by atoms with Gasteiger partial charge in [0.05, 0.1) is 0 Å². The molecule has 0 unspecified atom stereocenters. The Labute approximate surface area is 63.1 Å². The number of allylic oxidation sites excluding steroid dienone is 1. The van der Waals surface area contributed by atoms with Crippen LogP contribution in [-0.2, 0) is 4.79 Å². The van der Waals surface area contributed by atoms with Gasteiger partial charge in [0.25, 0.3) is 0 Å². The van der Waals surface area contributed by atoms with E-state index in [1.807, 2.05) is 13.0 Å². The molecular weight excluding hydrogens is 124 g/mol. The Bertz CT molecular complexity index is 116. The molecule has 0 spiro atoms. The van der Waals surface area contributed by atoms with Crippen LogP contribution in [0.5, 0.6) is 0 Å². The van der Waals surface area contributed by atoms with Crippen LogP contribution in [0.4, 0.5) is 0 Å². The third-order valence-corrected chi connectivity index (χ3v) is 1.74. The third-order valence-electron chi connectivity index (χ3n) is 1.74. The first kappa shape index (κ1) is 9.41. The van der Waals surface area contributed by atoms with Crippen molar-refractivity contribution in [2.75, 3.05) is 0 Å². The first-order valence-corrected chi connectivity index (χ1v) is 3.79. The molecule has 58 valence electrons. The van der Waals surface area contributed by atoms with Crippen LogP contribution in [0, 0.1) is 5.92 Å². The lowest BCUT2D eigenvalue weighted by Crippen LogP contribution is -2.05. The Kier molecular flexibility index (Phi) is 4.91. The molecule has 0 N–H and O–H groups in total. The summed E-state index contributed by atoms with van der Waals surface area (Å²) in [7, 11) is 0. The van der Waals surface area contributed by atoms with Crippen molar-refractivity contribution in [3.63, 3.8) is 0 Å². The van der Waals surface area contributed by atoms with E-state index in [1.54, 1.807) is 6.92 Å². The molecule has 0 aliphatic carbocycles. The van der Waals surface area contributed by atoms with Crippen molar-refractivity contribution < 1.29 is 4.79 Å². The summed E-state index contributed by atoms with van der Waals surface area (Å²) in [5.41, 5.74) is 0. The SMILES string of the molecule is C=CCCC[C@H](C)C(C)=O. The van der Waals surface area contributed by atoms with E-state index in [-0.39, 0.29) is 5.92 Å². The minimum Gasteiger partial charge on any atom is -0.300 e. The second-order valence-corrected chi connectivity index (χ2v) is 2.73. The molecule has 0 aliphatic heterocycles. The van der Waals surface area contributed by atoms with E-state index in [2.05, 4.69) is 6.58 Å². The summed E-state index contributed by atoms with van der Waals surface area (Å²) in [6.07, 6.45) is 5.01. The largest absolute Gasteiger partial charge is 0.300 e. The Morgan fingerprint density at radius 3 is 2.70 bits per heavy atom. The fourth-order valence-corrected chi connectivity index (χ4v) is 0.772. The normalized spacial score (nSPS) is 12.6. The van der Waals surface area contributed by atoms with Crippen LogP contribution in [0.3, 0.4) is 0 Å². The van der Waals surface area contributed by atoms with Crippen LogP contribution < -0.4 is 0 Å². The molecule has 0 fully saturated rings. The number of carbonyl (C=O) groups is 1. The molecule has 1 nitrogen and oxygen atoms in total. The number of ketones is 1. The highest BCUT2D eigenvalue weighted by Gasteiger charge is 2.04. The highest BCUT2D eigenvalue weighted by Crippen LogP contribution is 2.08. The first-order chi connectivity index (χ1) is 4.68. The molecule has 0 saturated heterocycles. The lowest BCUT2D eigenvalue weighted by molar-refractivity contribution is -0.120. The fraction of sp³-hybridized carbons (Fsp3) is 0.667. The van der Waals surface area contributed by atoms with Crippen molar-refractivity contribution in [1.29, 1.82) is 0 Å². The van der Waals surface area contributed by atoms with Gasteiger partial charge < -0.3 is 0 Å². The maximum Gasteiger partial charge on any atom is 0.132 e. The average Bonchev–Trinajstić information content (AvgIpc) is 1.88. The lowest BCUT2D eigenvalue weighted by atomic mass is 10.0. The van der Waals surface area contributed by atoms with Gasteiger partial charge >= 0.3 is 0 Å². The summed E-state index contributed by atoms with van der Waals surface area (Å²) in [6.45, 7) is 7.25. The third kappa shape index (κ3) is 4.30. The Morgan fingerprint density at radius 1 is 1.70 bits per heavy atom. The summed E-state index contributed by atoms with van der Waals surface area (Å²) >= 11 is 0. The van der Waals surface area contributed by atoms with Gasteiger partial charge in [-0.1, -0.05) is 13.0 Å². The lowest BCUT2D eigenvalue weighted by Gasteiger charge is -2.04. The van der Waals surface area contributed by atoms with Gasteiger partial charge in [0.1, 0.15) is 5.78 Å². The van der Waals surface area contributed by atoms with Crippen LogP contribution in [0.1, 0.15) is 33.1 Å². The molecule has 10 heavy (non-hydrogen) atoms. The van der Waals surface area contributed by atoms with Crippen molar-refractivity contribution in [1.82, 2.24) is 0 Å². The van der Waals surface area contributed by atoms with E-state index in [0.717, 1.165) is 19.3 Å². The smallest absolute Gasteiger partial charge is 0.132 e. The summed E-state index contributed by atoms with van der Waals surface area (Å²) in [5.74, 6) is 0.531. The zero-order valence-electron chi connectivity index (χ0n) is 6.89. The van der Waals surface area contributed by atoms with E-state index in [1.165, 1.54) is 0 Å². The maximum atomic E-state index is 10.7. The number of carbonyl (C=O) groups excluding carboxylic acids is 1. The van der Waals surface area contributed by atoms with Crippen molar-refractivity contribution in [2.24, 2.45) is 5.92 Å². The molecule has 0 saturated carbocycles. The van der Waals surface area contributed by atoms with Crippen molar-refractivity contribution in [3.05, 3.63) is 12.7 Å². The van der Waals surface area contributed by atoms with E-state index < -0.39 is 0 Å². The molecular formula is C9H16O. The molecule has 0 aromatic rings. The predicted molar refractivity (Wildman–Crippen MR) is 43.9 cm³/mol. The van der Waals surface area contributed by atoms with Gasteiger partial charge in [-0.15, -0.1) is 6.58 Å². The van der Waals surface area contributed by atoms with E-state index in [4.69, 9.17) is 0 Å². The molecule has 0 radical (unpaired) electrons. The van der Waals surface area contributed by atoms with Crippen LogP contribution in [0.25, 0.3) is 0 Å². The van der Waals surface area contributed by atoms with Gasteiger partial charge in [0.2, 0.25) is 0 Å². The second kappa shape index (κ2) is 5.21. The van der Waals surface area contributed by atoms with Crippen molar-refractivity contribution >= 4 is 5.78 Å². The van der Waals surface area contributed by atoms with Crippen LogP contribution in [0.15, 0.2) is 12.7 Å². The topological polar surface area (TPSA) is 17.1 Å². The zero-order chi connectivity index (χ0) is 7.98. The Hall–Kier alpha value is -0.590. The van der Waals surface area contributed by atoms with Crippen molar-refractivity contribution in [3.8, 4) is 0 Å². The highest BCUT2D eigenvalue weighted by atomic mass is 16.1. The Balaban J connectivity index is 3.30. The summed E-state index contributed by atoms with van der Waals surface area (Å²) in [4.78, 5) is 10.7. The van der Waals surface area contributed by atoms with Gasteiger partial charge in [0.15, 0.2) is 0 Å². The van der Waals surface area contributed by atoms with Crippen molar-refractivity contribution in [2.45, 2.75) is 33.1 Å². The van der Waals surface area contributed by atoms with Crippen LogP contribution >= 0.6 is 0 Å². The van der Waals surface area contributed by atoms with E-state index >= 15 is 0 Å². The maximum absolute atomic E-state index is 10.7. The van der Waals surface area contributed by atoms with Gasteiger partial charge in [-0.3, -0.25) is 4.79 Å². The minimum absolute atomic E-state index is 0.236. The molecule has 0 bridgehead atoms. The van der Waals surface area contributed by atoms with Gasteiger partial charge in [0, 0.05) is 5.92 Å². The predicted octanol–water partition coefficient (Wildman–Crippen LogP) is 2.57. The van der Waals surface area contributed by atoms with E-state index in [0.29, 0.717) is 5.78 Å². The highest BCUT2D eigenvalue weighted by molar-refractivity contribution is 5.77. The minimum atomic E-state index is 0.236. The van der Waals surface area contributed by atoms with Gasteiger partial charge in [-0.25, -0.2) is 0 Å². The summed E-state index contributed by atoms with van der Waals surface area (Å²) < 4.78 is 0. The number of hydrogen-bond acceptors (Lipinski definition) is 1. The number of hydrogen-bond donors (Lipinski definition) is 0. The molecule has 0 heterocycles. The average molecular weight is 140 g/mol. The summed E-state index contributed by atoms with van der Waals surface area (Å²) in [6, 6.07) is 0. The second-order valence-electron chi connectivity index (χ2n) is 2.73. The molecule has 1 atom stereocenters. The van der Waals surface area contributed by atoms with Crippen LogP contribution in [0.2, 0.25) is 0 Å². The number of unbranched alkanes of at least 4 members (excludes halogenated alkanes) is 1.